The average molecular weight is 385 g/mol. The quantitative estimate of drug-likeness (QED) is 0.439. The number of fused-ring (bicyclic) bond motifs is 1. The molecule has 0 spiro atoms. The number of carbonyl (C=O) groups is 1. The van der Waals surface area contributed by atoms with Crippen molar-refractivity contribution in [3.05, 3.63) is 95.8 Å². The molecule has 0 saturated carbocycles. The van der Waals surface area contributed by atoms with Crippen LogP contribution >= 0.6 is 0 Å². The van der Waals surface area contributed by atoms with Crippen molar-refractivity contribution in [1.82, 2.24) is 15.3 Å². The van der Waals surface area contributed by atoms with Gasteiger partial charge in [-0.05, 0) is 48.4 Å². The first-order valence-electron chi connectivity index (χ1n) is 9.76. The summed E-state index contributed by atoms with van der Waals surface area (Å²) in [5, 5.41) is 2.96. The SMILES string of the molecule is O=C(NCCCc1nc2ccccc2[nH]1)c1ccc(OCc2ccccc2)cc1. The van der Waals surface area contributed by atoms with Crippen LogP contribution in [0.15, 0.2) is 78.9 Å². The number of ether oxygens (including phenoxy) is 1. The lowest BCUT2D eigenvalue weighted by Gasteiger charge is -2.08. The molecule has 4 rings (SSSR count). The van der Waals surface area contributed by atoms with Gasteiger partial charge in [0.25, 0.3) is 5.91 Å². The zero-order valence-corrected chi connectivity index (χ0v) is 16.1. The van der Waals surface area contributed by atoms with E-state index in [1.807, 2.05) is 66.7 Å². The summed E-state index contributed by atoms with van der Waals surface area (Å²) in [6.07, 6.45) is 1.62. The predicted octanol–water partition coefficient (Wildman–Crippen LogP) is 4.50. The van der Waals surface area contributed by atoms with Gasteiger partial charge >= 0.3 is 0 Å². The number of carbonyl (C=O) groups excluding carboxylic acids is 1. The van der Waals surface area contributed by atoms with Crippen molar-refractivity contribution < 1.29 is 9.53 Å². The lowest BCUT2D eigenvalue weighted by molar-refractivity contribution is 0.0953. The molecule has 0 aliphatic heterocycles. The topological polar surface area (TPSA) is 67.0 Å². The lowest BCUT2D eigenvalue weighted by atomic mass is 10.2. The Balaban J connectivity index is 1.22. The van der Waals surface area contributed by atoms with E-state index in [4.69, 9.17) is 4.74 Å². The minimum Gasteiger partial charge on any atom is -0.489 e. The Hall–Kier alpha value is -3.60. The van der Waals surface area contributed by atoms with Gasteiger partial charge in [-0.1, -0.05) is 42.5 Å². The number of imidazole rings is 1. The predicted molar refractivity (Wildman–Crippen MR) is 114 cm³/mol. The molecule has 0 fully saturated rings. The highest BCUT2D eigenvalue weighted by molar-refractivity contribution is 5.94. The number of hydrogen-bond donors (Lipinski definition) is 2. The number of benzene rings is 3. The molecule has 146 valence electrons. The van der Waals surface area contributed by atoms with Crippen molar-refractivity contribution in [1.29, 1.82) is 0 Å². The molecule has 1 aromatic heterocycles. The fourth-order valence-corrected chi connectivity index (χ4v) is 3.13. The van der Waals surface area contributed by atoms with Crippen LogP contribution in [-0.2, 0) is 13.0 Å². The third-order valence-electron chi connectivity index (χ3n) is 4.68. The van der Waals surface area contributed by atoms with Gasteiger partial charge < -0.3 is 15.0 Å². The summed E-state index contributed by atoms with van der Waals surface area (Å²) in [5.41, 5.74) is 3.75. The maximum atomic E-state index is 12.3. The molecular formula is C24H23N3O2. The van der Waals surface area contributed by atoms with E-state index in [2.05, 4.69) is 15.3 Å². The third-order valence-corrected chi connectivity index (χ3v) is 4.68. The van der Waals surface area contributed by atoms with Crippen LogP contribution in [0.25, 0.3) is 11.0 Å². The van der Waals surface area contributed by atoms with Gasteiger partial charge in [0, 0.05) is 18.5 Å². The summed E-state index contributed by atoms with van der Waals surface area (Å²) in [5.74, 6) is 1.61. The maximum absolute atomic E-state index is 12.3. The number of nitrogens with zero attached hydrogens (tertiary/aromatic N) is 1. The van der Waals surface area contributed by atoms with Gasteiger partial charge in [-0.15, -0.1) is 0 Å². The van der Waals surface area contributed by atoms with Gasteiger partial charge in [0.2, 0.25) is 0 Å². The second kappa shape index (κ2) is 9.06. The number of nitrogens with one attached hydrogen (secondary N) is 2. The fourth-order valence-electron chi connectivity index (χ4n) is 3.13. The number of aryl methyl sites for hydroxylation is 1. The average Bonchev–Trinajstić information content (AvgIpc) is 3.19. The van der Waals surface area contributed by atoms with Crippen LogP contribution in [0.2, 0.25) is 0 Å². The second-order valence-corrected chi connectivity index (χ2v) is 6.86. The summed E-state index contributed by atoms with van der Waals surface area (Å²) in [6, 6.07) is 25.2. The van der Waals surface area contributed by atoms with Crippen LogP contribution in [0, 0.1) is 0 Å². The Kier molecular flexibility index (Phi) is 5.86. The van der Waals surface area contributed by atoms with E-state index in [0.717, 1.165) is 41.0 Å². The fraction of sp³-hybridized carbons (Fsp3) is 0.167. The van der Waals surface area contributed by atoms with Gasteiger partial charge in [-0.25, -0.2) is 4.98 Å². The number of hydrogen-bond acceptors (Lipinski definition) is 3. The molecule has 3 aromatic carbocycles. The van der Waals surface area contributed by atoms with Crippen LogP contribution in [0.4, 0.5) is 0 Å². The highest BCUT2D eigenvalue weighted by Crippen LogP contribution is 2.14. The number of aromatic amines is 1. The van der Waals surface area contributed by atoms with Crippen molar-refractivity contribution in [2.24, 2.45) is 0 Å². The van der Waals surface area contributed by atoms with E-state index in [1.165, 1.54) is 0 Å². The van der Waals surface area contributed by atoms with Crippen LogP contribution in [0.1, 0.15) is 28.2 Å². The number of amides is 1. The normalized spacial score (nSPS) is 10.8. The van der Waals surface area contributed by atoms with Crippen molar-refractivity contribution in [3.8, 4) is 5.75 Å². The molecule has 1 heterocycles. The standard InChI is InChI=1S/C24H23N3O2/c28-24(25-16-6-11-23-26-21-9-4-5-10-22(21)27-23)19-12-14-20(15-13-19)29-17-18-7-2-1-3-8-18/h1-5,7-10,12-15H,6,11,16-17H2,(H,25,28)(H,26,27). The Morgan fingerprint density at radius 2 is 1.69 bits per heavy atom. The van der Waals surface area contributed by atoms with E-state index in [0.29, 0.717) is 18.7 Å². The third kappa shape index (κ3) is 5.02. The molecule has 5 nitrogen and oxygen atoms in total. The van der Waals surface area contributed by atoms with Crippen molar-refractivity contribution in [3.63, 3.8) is 0 Å². The number of para-hydroxylation sites is 2. The first-order valence-corrected chi connectivity index (χ1v) is 9.76. The molecule has 0 bridgehead atoms. The van der Waals surface area contributed by atoms with Gasteiger partial charge in [0.05, 0.1) is 11.0 Å². The molecule has 0 saturated heterocycles. The second-order valence-electron chi connectivity index (χ2n) is 6.86. The summed E-state index contributed by atoms with van der Waals surface area (Å²) in [6.45, 7) is 1.11. The molecule has 5 heteroatoms. The Bertz CT molecular complexity index is 1040. The molecule has 4 aromatic rings. The molecule has 0 radical (unpaired) electrons. The highest BCUT2D eigenvalue weighted by Gasteiger charge is 2.06. The molecule has 0 unspecified atom stereocenters. The zero-order valence-electron chi connectivity index (χ0n) is 16.1. The van der Waals surface area contributed by atoms with E-state index in [1.54, 1.807) is 12.1 Å². The Labute approximate surface area is 169 Å². The van der Waals surface area contributed by atoms with Crippen LogP contribution in [0.3, 0.4) is 0 Å². The highest BCUT2D eigenvalue weighted by atomic mass is 16.5. The van der Waals surface area contributed by atoms with Crippen molar-refractivity contribution >= 4 is 16.9 Å². The Morgan fingerprint density at radius 1 is 0.931 bits per heavy atom. The summed E-state index contributed by atoms with van der Waals surface area (Å²) >= 11 is 0. The van der Waals surface area contributed by atoms with E-state index in [9.17, 15) is 4.79 Å². The lowest BCUT2D eigenvalue weighted by Crippen LogP contribution is -2.24. The van der Waals surface area contributed by atoms with Gasteiger partial charge in [-0.2, -0.15) is 0 Å². The van der Waals surface area contributed by atoms with Crippen molar-refractivity contribution in [2.75, 3.05) is 6.54 Å². The van der Waals surface area contributed by atoms with Crippen LogP contribution in [0.5, 0.6) is 5.75 Å². The van der Waals surface area contributed by atoms with E-state index >= 15 is 0 Å². The minimum atomic E-state index is -0.0794. The maximum Gasteiger partial charge on any atom is 0.251 e. The molecule has 0 aliphatic carbocycles. The van der Waals surface area contributed by atoms with Gasteiger partial charge in [0.15, 0.2) is 0 Å². The minimum absolute atomic E-state index is 0.0794. The largest absolute Gasteiger partial charge is 0.489 e. The molecule has 2 N–H and O–H groups in total. The molecule has 0 aliphatic rings. The summed E-state index contributed by atoms with van der Waals surface area (Å²) < 4.78 is 5.76. The zero-order chi connectivity index (χ0) is 19.9. The molecule has 29 heavy (non-hydrogen) atoms. The van der Waals surface area contributed by atoms with Gasteiger partial charge in [-0.3, -0.25) is 4.79 Å². The van der Waals surface area contributed by atoms with Crippen molar-refractivity contribution in [2.45, 2.75) is 19.4 Å². The monoisotopic (exact) mass is 385 g/mol. The van der Waals surface area contributed by atoms with E-state index in [-0.39, 0.29) is 5.91 Å². The number of H-pyrrole nitrogens is 1. The number of aromatic nitrogens is 2. The number of rotatable bonds is 8. The smallest absolute Gasteiger partial charge is 0.251 e. The van der Waals surface area contributed by atoms with Crippen LogP contribution in [-0.4, -0.2) is 22.4 Å². The van der Waals surface area contributed by atoms with E-state index < -0.39 is 0 Å². The Morgan fingerprint density at radius 3 is 2.48 bits per heavy atom. The van der Waals surface area contributed by atoms with Crippen LogP contribution < -0.4 is 10.1 Å². The first-order chi connectivity index (χ1) is 14.3. The van der Waals surface area contributed by atoms with Gasteiger partial charge in [0.1, 0.15) is 18.2 Å². The molecule has 1 amide bonds. The summed E-state index contributed by atoms with van der Waals surface area (Å²) in [7, 11) is 0. The summed E-state index contributed by atoms with van der Waals surface area (Å²) in [4.78, 5) is 20.2. The first kappa shape index (κ1) is 18.7. The molecule has 0 atom stereocenters. The molecular weight excluding hydrogens is 362 g/mol.